The lowest BCUT2D eigenvalue weighted by Crippen LogP contribution is -2.15. The molecule has 106 valence electrons. The van der Waals surface area contributed by atoms with Gasteiger partial charge in [-0.3, -0.25) is 0 Å². The van der Waals surface area contributed by atoms with Crippen LogP contribution in [0.1, 0.15) is 17.8 Å². The summed E-state index contributed by atoms with van der Waals surface area (Å²) in [5, 5.41) is 3.12. The van der Waals surface area contributed by atoms with Crippen LogP contribution in [0.25, 0.3) is 0 Å². The Morgan fingerprint density at radius 1 is 1.37 bits per heavy atom. The number of hydrogen-bond donors (Lipinski definition) is 2. The Labute approximate surface area is 118 Å². The SMILES string of the molecule is COCCOCCCNc1nc(C)cc(C(N)=S)n1. The van der Waals surface area contributed by atoms with Crippen LogP contribution in [-0.4, -0.2) is 48.4 Å². The van der Waals surface area contributed by atoms with Gasteiger partial charge in [0, 0.05) is 26.0 Å². The fourth-order valence-electron chi connectivity index (χ4n) is 1.39. The second-order valence-corrected chi connectivity index (χ2v) is 4.41. The van der Waals surface area contributed by atoms with E-state index in [4.69, 9.17) is 27.4 Å². The lowest BCUT2D eigenvalue weighted by Gasteiger charge is -2.08. The minimum absolute atomic E-state index is 0.274. The molecule has 0 aliphatic carbocycles. The van der Waals surface area contributed by atoms with E-state index in [1.54, 1.807) is 13.2 Å². The lowest BCUT2D eigenvalue weighted by molar-refractivity contribution is 0.0705. The second kappa shape index (κ2) is 8.73. The Morgan fingerprint density at radius 3 is 2.84 bits per heavy atom. The van der Waals surface area contributed by atoms with E-state index in [0.717, 1.165) is 18.7 Å². The van der Waals surface area contributed by atoms with Gasteiger partial charge >= 0.3 is 0 Å². The molecule has 0 spiro atoms. The van der Waals surface area contributed by atoms with Gasteiger partial charge in [0.2, 0.25) is 5.95 Å². The number of anilines is 1. The number of nitrogens with zero attached hydrogens (tertiary/aromatic N) is 2. The molecule has 0 aromatic carbocycles. The molecule has 0 aliphatic rings. The Morgan fingerprint density at radius 2 is 2.16 bits per heavy atom. The monoisotopic (exact) mass is 284 g/mol. The summed E-state index contributed by atoms with van der Waals surface area (Å²) in [6.07, 6.45) is 0.865. The number of aryl methyl sites for hydroxylation is 1. The maximum absolute atomic E-state index is 5.56. The number of hydrogen-bond acceptors (Lipinski definition) is 6. The fourth-order valence-corrected chi connectivity index (χ4v) is 1.50. The Balaban J connectivity index is 2.31. The molecule has 0 amide bonds. The average molecular weight is 284 g/mol. The third kappa shape index (κ3) is 6.42. The number of rotatable bonds is 9. The number of aromatic nitrogens is 2. The van der Waals surface area contributed by atoms with Crippen LogP contribution in [0, 0.1) is 6.92 Å². The van der Waals surface area contributed by atoms with Gasteiger partial charge in [0.05, 0.1) is 13.2 Å². The molecule has 7 heteroatoms. The summed E-state index contributed by atoms with van der Waals surface area (Å²) in [5.74, 6) is 0.541. The van der Waals surface area contributed by atoms with E-state index in [9.17, 15) is 0 Å². The zero-order valence-electron chi connectivity index (χ0n) is 11.3. The minimum Gasteiger partial charge on any atom is -0.388 e. The van der Waals surface area contributed by atoms with Crippen molar-refractivity contribution < 1.29 is 9.47 Å². The van der Waals surface area contributed by atoms with Gasteiger partial charge in [-0.05, 0) is 19.4 Å². The Hall–Kier alpha value is -1.31. The molecule has 0 fully saturated rings. The van der Waals surface area contributed by atoms with E-state index < -0.39 is 0 Å². The van der Waals surface area contributed by atoms with Crippen molar-refractivity contribution in [2.75, 3.05) is 38.8 Å². The first-order chi connectivity index (χ1) is 9.13. The van der Waals surface area contributed by atoms with Crippen molar-refractivity contribution in [3.63, 3.8) is 0 Å². The summed E-state index contributed by atoms with van der Waals surface area (Å²) in [6, 6.07) is 1.77. The van der Waals surface area contributed by atoms with Crippen LogP contribution < -0.4 is 11.1 Å². The van der Waals surface area contributed by atoms with Gasteiger partial charge < -0.3 is 20.5 Å². The maximum atomic E-state index is 5.56. The first kappa shape index (κ1) is 15.7. The predicted octanol–water partition coefficient (Wildman–Crippen LogP) is 0.884. The van der Waals surface area contributed by atoms with Gasteiger partial charge in [-0.25, -0.2) is 9.97 Å². The highest BCUT2D eigenvalue weighted by molar-refractivity contribution is 7.80. The van der Waals surface area contributed by atoms with E-state index in [-0.39, 0.29) is 4.99 Å². The molecule has 3 N–H and O–H groups in total. The third-order valence-electron chi connectivity index (χ3n) is 2.29. The molecular formula is C12H20N4O2S. The molecule has 19 heavy (non-hydrogen) atoms. The molecule has 1 aromatic rings. The summed E-state index contributed by atoms with van der Waals surface area (Å²) in [4.78, 5) is 8.77. The van der Waals surface area contributed by atoms with E-state index >= 15 is 0 Å². The molecule has 1 heterocycles. The molecule has 0 saturated heterocycles. The molecule has 0 bridgehead atoms. The lowest BCUT2D eigenvalue weighted by atomic mass is 10.3. The molecule has 0 aliphatic heterocycles. The number of nitrogens with one attached hydrogen (secondary N) is 1. The Kier molecular flexibility index (Phi) is 7.24. The average Bonchev–Trinajstić information content (AvgIpc) is 2.37. The van der Waals surface area contributed by atoms with Crippen LogP contribution >= 0.6 is 12.2 Å². The predicted molar refractivity (Wildman–Crippen MR) is 78.5 cm³/mol. The molecule has 1 aromatic heterocycles. The molecule has 0 radical (unpaired) electrons. The van der Waals surface area contributed by atoms with Crippen LogP contribution in [0.15, 0.2) is 6.07 Å². The van der Waals surface area contributed by atoms with Crippen molar-refractivity contribution >= 4 is 23.2 Å². The quantitative estimate of drug-likeness (QED) is 0.514. The highest BCUT2D eigenvalue weighted by atomic mass is 32.1. The zero-order chi connectivity index (χ0) is 14.1. The zero-order valence-corrected chi connectivity index (χ0v) is 12.1. The maximum Gasteiger partial charge on any atom is 0.223 e. The van der Waals surface area contributed by atoms with Gasteiger partial charge in [0.25, 0.3) is 0 Å². The van der Waals surface area contributed by atoms with E-state index in [1.807, 2.05) is 6.92 Å². The normalized spacial score (nSPS) is 10.4. The number of thiocarbonyl (C=S) groups is 1. The van der Waals surface area contributed by atoms with Gasteiger partial charge in [-0.2, -0.15) is 0 Å². The summed E-state index contributed by atoms with van der Waals surface area (Å²) >= 11 is 4.90. The fraction of sp³-hybridized carbons (Fsp3) is 0.583. The van der Waals surface area contributed by atoms with Crippen molar-refractivity contribution in [2.45, 2.75) is 13.3 Å². The van der Waals surface area contributed by atoms with Crippen LogP contribution in [0.5, 0.6) is 0 Å². The number of ether oxygens (including phenoxy) is 2. The van der Waals surface area contributed by atoms with Crippen LogP contribution in [0.3, 0.4) is 0 Å². The van der Waals surface area contributed by atoms with Gasteiger partial charge in [0.15, 0.2) is 0 Å². The summed E-state index contributed by atoms with van der Waals surface area (Å²) in [6.45, 7) is 4.51. The molecule has 6 nitrogen and oxygen atoms in total. The van der Waals surface area contributed by atoms with Gasteiger partial charge in [-0.1, -0.05) is 12.2 Å². The van der Waals surface area contributed by atoms with Crippen molar-refractivity contribution in [1.29, 1.82) is 0 Å². The van der Waals surface area contributed by atoms with E-state index in [0.29, 0.717) is 31.5 Å². The largest absolute Gasteiger partial charge is 0.388 e. The van der Waals surface area contributed by atoms with Crippen LogP contribution in [-0.2, 0) is 9.47 Å². The highest BCUT2D eigenvalue weighted by Crippen LogP contribution is 2.04. The molecular weight excluding hydrogens is 264 g/mol. The number of methoxy groups -OCH3 is 1. The molecule has 0 unspecified atom stereocenters. The van der Waals surface area contributed by atoms with Crippen LogP contribution in [0.2, 0.25) is 0 Å². The van der Waals surface area contributed by atoms with Crippen molar-refractivity contribution in [3.8, 4) is 0 Å². The highest BCUT2D eigenvalue weighted by Gasteiger charge is 2.03. The van der Waals surface area contributed by atoms with Crippen LogP contribution in [0.4, 0.5) is 5.95 Å². The van der Waals surface area contributed by atoms with E-state index in [1.165, 1.54) is 0 Å². The topological polar surface area (TPSA) is 82.3 Å². The first-order valence-electron chi connectivity index (χ1n) is 6.09. The standard InChI is InChI=1S/C12H20N4O2S/c1-9-8-10(11(13)19)16-12(15-9)14-4-3-5-18-7-6-17-2/h8H,3-7H2,1-2H3,(H2,13,19)(H,14,15,16). The van der Waals surface area contributed by atoms with Crippen molar-refractivity contribution in [2.24, 2.45) is 5.73 Å². The summed E-state index contributed by atoms with van der Waals surface area (Å²) < 4.78 is 10.2. The summed E-state index contributed by atoms with van der Waals surface area (Å²) in [7, 11) is 1.65. The number of nitrogens with two attached hydrogens (primary N) is 1. The molecule has 0 atom stereocenters. The smallest absolute Gasteiger partial charge is 0.223 e. The van der Waals surface area contributed by atoms with Crippen molar-refractivity contribution in [1.82, 2.24) is 9.97 Å². The minimum atomic E-state index is 0.274. The molecule has 1 rings (SSSR count). The first-order valence-corrected chi connectivity index (χ1v) is 6.50. The van der Waals surface area contributed by atoms with E-state index in [2.05, 4.69) is 15.3 Å². The summed E-state index contributed by atoms with van der Waals surface area (Å²) in [5.41, 5.74) is 6.97. The third-order valence-corrected chi connectivity index (χ3v) is 2.50. The van der Waals surface area contributed by atoms with Gasteiger partial charge in [0.1, 0.15) is 10.7 Å². The van der Waals surface area contributed by atoms with Gasteiger partial charge in [-0.15, -0.1) is 0 Å². The Bertz CT molecular complexity index is 415. The second-order valence-electron chi connectivity index (χ2n) is 3.97. The molecule has 0 saturated carbocycles. The van der Waals surface area contributed by atoms with Crippen molar-refractivity contribution in [3.05, 3.63) is 17.5 Å².